The first kappa shape index (κ1) is 12.5. The second kappa shape index (κ2) is 6.12. The number of oxime groups is 1. The summed E-state index contributed by atoms with van der Waals surface area (Å²) in [7, 11) is 1.92. The van der Waals surface area contributed by atoms with Gasteiger partial charge in [-0.2, -0.15) is 5.10 Å². The largest absolute Gasteiger partial charge is 0.409 e. The Balaban J connectivity index is 2.20. The first-order valence-corrected chi connectivity index (χ1v) is 5.30. The molecule has 0 spiro atoms. The third-order valence-electron chi connectivity index (χ3n) is 2.55. The van der Waals surface area contributed by atoms with Gasteiger partial charge in [-0.1, -0.05) is 12.1 Å². The summed E-state index contributed by atoms with van der Waals surface area (Å²) in [5.74, 6) is 0.296. The molecule has 0 fully saturated rings. The van der Waals surface area contributed by atoms with E-state index in [4.69, 9.17) is 10.9 Å². The Kier molecular flexibility index (Phi) is 4.78. The minimum Gasteiger partial charge on any atom is -0.409 e. The fourth-order valence-corrected chi connectivity index (χ4v) is 1.38. The van der Waals surface area contributed by atoms with Gasteiger partial charge in [-0.15, -0.1) is 0 Å². The van der Waals surface area contributed by atoms with Crippen molar-refractivity contribution in [3.63, 3.8) is 0 Å². The normalized spacial score (nSPS) is 14.0. The molecule has 6 nitrogen and oxygen atoms in total. The van der Waals surface area contributed by atoms with E-state index in [0.29, 0.717) is 6.54 Å². The number of aromatic nitrogens is 2. The predicted octanol–water partition coefficient (Wildman–Crippen LogP) is -0.0653. The van der Waals surface area contributed by atoms with Crippen molar-refractivity contribution >= 4 is 5.84 Å². The van der Waals surface area contributed by atoms with Crippen LogP contribution in [0.15, 0.2) is 17.4 Å². The molecule has 0 aliphatic rings. The number of hydrogen-bond acceptors (Lipinski definition) is 4. The van der Waals surface area contributed by atoms with Crippen molar-refractivity contribution in [3.8, 4) is 0 Å². The fourth-order valence-electron chi connectivity index (χ4n) is 1.38. The lowest BCUT2D eigenvalue weighted by Crippen LogP contribution is -2.32. The molecule has 1 atom stereocenters. The molecule has 0 aliphatic heterocycles. The Morgan fingerprint density at radius 2 is 2.50 bits per heavy atom. The van der Waals surface area contributed by atoms with Crippen LogP contribution in [0.3, 0.4) is 0 Å². The highest BCUT2D eigenvalue weighted by Crippen LogP contribution is 1.97. The number of hydrogen-bond donors (Lipinski definition) is 3. The molecule has 0 aromatic carbocycles. The van der Waals surface area contributed by atoms with E-state index in [-0.39, 0.29) is 11.8 Å². The molecule has 1 unspecified atom stereocenters. The number of nitrogens with one attached hydrogen (secondary N) is 1. The molecule has 4 N–H and O–H groups in total. The Labute approximate surface area is 95.1 Å². The van der Waals surface area contributed by atoms with E-state index in [1.54, 1.807) is 6.20 Å². The zero-order valence-corrected chi connectivity index (χ0v) is 9.72. The SMILES string of the molecule is CC(CNCCc1ccnn1C)C(N)=NO. The number of aryl methyl sites for hydroxylation is 1. The van der Waals surface area contributed by atoms with Crippen LogP contribution in [0.2, 0.25) is 0 Å². The van der Waals surface area contributed by atoms with Crippen LogP contribution in [0.4, 0.5) is 0 Å². The van der Waals surface area contributed by atoms with Crippen LogP contribution in [-0.4, -0.2) is 33.9 Å². The number of nitrogens with two attached hydrogens (primary N) is 1. The maximum atomic E-state index is 8.47. The molecule has 1 heterocycles. The first-order valence-electron chi connectivity index (χ1n) is 5.30. The molecule has 1 rings (SSSR count). The summed E-state index contributed by atoms with van der Waals surface area (Å²) in [6.07, 6.45) is 2.70. The Hall–Kier alpha value is -1.56. The molecule has 0 aliphatic carbocycles. The van der Waals surface area contributed by atoms with Crippen molar-refractivity contribution in [2.75, 3.05) is 13.1 Å². The van der Waals surface area contributed by atoms with Crippen molar-refractivity contribution in [1.29, 1.82) is 0 Å². The first-order chi connectivity index (χ1) is 7.65. The Morgan fingerprint density at radius 1 is 1.75 bits per heavy atom. The smallest absolute Gasteiger partial charge is 0.143 e. The minimum absolute atomic E-state index is 0.0385. The highest BCUT2D eigenvalue weighted by atomic mass is 16.4. The van der Waals surface area contributed by atoms with Crippen LogP contribution < -0.4 is 11.1 Å². The summed E-state index contributed by atoms with van der Waals surface area (Å²) in [5.41, 5.74) is 6.65. The van der Waals surface area contributed by atoms with Crippen LogP contribution in [0.25, 0.3) is 0 Å². The second-order valence-electron chi connectivity index (χ2n) is 3.83. The molecular weight excluding hydrogens is 206 g/mol. The molecule has 90 valence electrons. The van der Waals surface area contributed by atoms with Crippen LogP contribution in [-0.2, 0) is 13.5 Å². The van der Waals surface area contributed by atoms with Gasteiger partial charge < -0.3 is 16.3 Å². The van der Waals surface area contributed by atoms with Crippen molar-refractivity contribution in [2.45, 2.75) is 13.3 Å². The lowest BCUT2D eigenvalue weighted by Gasteiger charge is -2.10. The summed E-state index contributed by atoms with van der Waals surface area (Å²) < 4.78 is 1.86. The van der Waals surface area contributed by atoms with E-state index < -0.39 is 0 Å². The average molecular weight is 225 g/mol. The van der Waals surface area contributed by atoms with E-state index in [1.807, 2.05) is 24.7 Å². The standard InChI is InChI=1S/C10H19N5O/c1-8(10(11)14-16)7-12-5-3-9-4-6-13-15(9)2/h4,6,8,12,16H,3,5,7H2,1-2H3,(H2,11,14). The van der Waals surface area contributed by atoms with E-state index in [9.17, 15) is 0 Å². The summed E-state index contributed by atoms with van der Waals surface area (Å²) in [4.78, 5) is 0. The number of rotatable bonds is 6. The van der Waals surface area contributed by atoms with Gasteiger partial charge in [0.15, 0.2) is 0 Å². The summed E-state index contributed by atoms with van der Waals surface area (Å²) >= 11 is 0. The van der Waals surface area contributed by atoms with E-state index >= 15 is 0 Å². The average Bonchev–Trinajstić information content (AvgIpc) is 2.69. The topological polar surface area (TPSA) is 88.5 Å². The summed E-state index contributed by atoms with van der Waals surface area (Å²) in [5, 5.41) is 18.8. The molecule has 0 bridgehead atoms. The van der Waals surface area contributed by atoms with E-state index in [2.05, 4.69) is 15.6 Å². The maximum Gasteiger partial charge on any atom is 0.143 e. The van der Waals surface area contributed by atoms with Crippen LogP contribution in [0.5, 0.6) is 0 Å². The van der Waals surface area contributed by atoms with Crippen LogP contribution >= 0.6 is 0 Å². The molecule has 0 amide bonds. The van der Waals surface area contributed by atoms with Gasteiger partial charge in [0.1, 0.15) is 5.84 Å². The van der Waals surface area contributed by atoms with Crippen molar-refractivity contribution in [3.05, 3.63) is 18.0 Å². The molecule has 16 heavy (non-hydrogen) atoms. The summed E-state index contributed by atoms with van der Waals surface area (Å²) in [6, 6.07) is 1.99. The van der Waals surface area contributed by atoms with Gasteiger partial charge in [-0.05, 0) is 6.07 Å². The van der Waals surface area contributed by atoms with E-state index in [0.717, 1.165) is 13.0 Å². The molecule has 1 aromatic rings. The van der Waals surface area contributed by atoms with E-state index in [1.165, 1.54) is 5.69 Å². The second-order valence-corrected chi connectivity index (χ2v) is 3.83. The van der Waals surface area contributed by atoms with Gasteiger partial charge >= 0.3 is 0 Å². The molecular formula is C10H19N5O. The zero-order valence-electron chi connectivity index (χ0n) is 9.72. The summed E-state index contributed by atoms with van der Waals surface area (Å²) in [6.45, 7) is 3.46. The number of nitrogens with zero attached hydrogens (tertiary/aromatic N) is 3. The van der Waals surface area contributed by atoms with Gasteiger partial charge in [0.05, 0.1) is 0 Å². The van der Waals surface area contributed by atoms with Crippen molar-refractivity contribution in [2.24, 2.45) is 23.9 Å². The lowest BCUT2D eigenvalue weighted by molar-refractivity contribution is 0.314. The van der Waals surface area contributed by atoms with Gasteiger partial charge in [0.2, 0.25) is 0 Å². The third kappa shape index (κ3) is 3.54. The Morgan fingerprint density at radius 3 is 3.06 bits per heavy atom. The zero-order chi connectivity index (χ0) is 12.0. The van der Waals surface area contributed by atoms with Crippen LogP contribution in [0.1, 0.15) is 12.6 Å². The lowest BCUT2D eigenvalue weighted by atomic mass is 10.1. The fraction of sp³-hybridized carbons (Fsp3) is 0.600. The van der Waals surface area contributed by atoms with Gasteiger partial charge in [-0.25, -0.2) is 0 Å². The Bertz CT molecular complexity index is 347. The highest BCUT2D eigenvalue weighted by Gasteiger charge is 2.06. The van der Waals surface area contributed by atoms with Gasteiger partial charge in [0.25, 0.3) is 0 Å². The molecule has 0 saturated heterocycles. The van der Waals surface area contributed by atoms with Crippen molar-refractivity contribution < 1.29 is 5.21 Å². The minimum atomic E-state index is 0.0385. The quantitative estimate of drug-likeness (QED) is 0.208. The predicted molar refractivity (Wildman–Crippen MR) is 62.4 cm³/mol. The highest BCUT2D eigenvalue weighted by molar-refractivity contribution is 5.82. The van der Waals surface area contributed by atoms with Crippen molar-refractivity contribution in [1.82, 2.24) is 15.1 Å². The molecule has 1 aromatic heterocycles. The molecule has 0 saturated carbocycles. The van der Waals surface area contributed by atoms with Crippen LogP contribution in [0, 0.1) is 5.92 Å². The van der Waals surface area contributed by atoms with Gasteiger partial charge in [-0.3, -0.25) is 4.68 Å². The monoisotopic (exact) mass is 225 g/mol. The number of amidine groups is 1. The van der Waals surface area contributed by atoms with Gasteiger partial charge in [0, 0.05) is 44.4 Å². The maximum absolute atomic E-state index is 8.47. The molecule has 6 heteroatoms. The molecule has 0 radical (unpaired) electrons. The third-order valence-corrected chi connectivity index (χ3v) is 2.55.